The van der Waals surface area contributed by atoms with Gasteiger partial charge in [-0.2, -0.15) is 4.31 Å². The Labute approximate surface area is 120 Å². The third-order valence-corrected chi connectivity index (χ3v) is 5.67. The van der Waals surface area contributed by atoms with Gasteiger partial charge in [-0.05, 0) is 35.0 Å². The predicted molar refractivity (Wildman–Crippen MR) is 74.8 cm³/mol. The minimum atomic E-state index is -3.77. The molecule has 0 bridgehead atoms. The summed E-state index contributed by atoms with van der Waals surface area (Å²) in [6, 6.07) is 1.79. The van der Waals surface area contributed by atoms with Gasteiger partial charge in [0, 0.05) is 24.7 Å². The summed E-state index contributed by atoms with van der Waals surface area (Å²) >= 11 is 3.04. The van der Waals surface area contributed by atoms with E-state index in [1.807, 2.05) is 0 Å². The van der Waals surface area contributed by atoms with E-state index in [1.165, 1.54) is 14.2 Å². The molecule has 0 fully saturated rings. The summed E-state index contributed by atoms with van der Waals surface area (Å²) < 4.78 is 44.3. The number of hydrogen-bond donors (Lipinski definition) is 1. The van der Waals surface area contributed by atoms with Crippen LogP contribution in [0.1, 0.15) is 6.92 Å². The second-order valence-electron chi connectivity index (χ2n) is 4.13. The summed E-state index contributed by atoms with van der Waals surface area (Å²) in [5.74, 6) is -0.668. The maximum atomic E-state index is 13.2. The molecule has 0 aliphatic carbocycles. The Hall–Kier alpha value is -0.700. The zero-order valence-electron chi connectivity index (χ0n) is 10.9. The largest absolute Gasteiger partial charge is 0.396 e. The molecule has 1 rings (SSSR count). The van der Waals surface area contributed by atoms with Crippen LogP contribution in [0.2, 0.25) is 0 Å². The molecule has 8 heteroatoms. The van der Waals surface area contributed by atoms with Gasteiger partial charge in [0.05, 0.1) is 17.2 Å². The summed E-state index contributed by atoms with van der Waals surface area (Å²) in [6.45, 7) is 1.96. The quantitative estimate of drug-likeness (QED) is 0.818. The highest BCUT2D eigenvalue weighted by Gasteiger charge is 2.28. The van der Waals surface area contributed by atoms with Gasteiger partial charge in [0.15, 0.2) is 0 Å². The van der Waals surface area contributed by atoms with E-state index in [0.717, 1.165) is 16.4 Å². The molecule has 2 N–H and O–H groups in total. The first-order valence-corrected chi connectivity index (χ1v) is 7.66. The Bertz CT molecular complexity index is 565. The van der Waals surface area contributed by atoms with Gasteiger partial charge in [-0.15, -0.1) is 0 Å². The molecule has 108 valence electrons. The monoisotopic (exact) mass is 354 g/mol. The zero-order chi connectivity index (χ0) is 14.8. The van der Waals surface area contributed by atoms with Crippen molar-refractivity contribution < 1.29 is 17.5 Å². The highest BCUT2D eigenvalue weighted by molar-refractivity contribution is 9.10. The van der Waals surface area contributed by atoms with Gasteiger partial charge < -0.3 is 10.5 Å². The number of halogens is 2. The van der Waals surface area contributed by atoms with Crippen molar-refractivity contribution in [1.29, 1.82) is 0 Å². The topological polar surface area (TPSA) is 72.6 Å². The molecule has 0 aliphatic rings. The lowest BCUT2D eigenvalue weighted by atomic mass is 10.3. The van der Waals surface area contributed by atoms with Crippen molar-refractivity contribution in [3.8, 4) is 0 Å². The number of nitrogen functional groups attached to an aromatic ring is 1. The molecule has 1 aromatic rings. The van der Waals surface area contributed by atoms with Crippen LogP contribution in [-0.4, -0.2) is 39.5 Å². The van der Waals surface area contributed by atoms with E-state index in [2.05, 4.69) is 15.9 Å². The molecule has 1 aromatic carbocycles. The fraction of sp³-hybridized carbons (Fsp3) is 0.455. The number of nitrogens with zero attached hydrogens (tertiary/aromatic N) is 1. The molecule has 1 unspecified atom stereocenters. The number of likely N-dealkylation sites (N-methyl/N-ethyl adjacent to an activating group) is 1. The molecule has 0 aromatic heterocycles. The second-order valence-corrected chi connectivity index (χ2v) is 6.95. The Kier molecular flexibility index (Phi) is 5.31. The van der Waals surface area contributed by atoms with E-state index in [0.29, 0.717) is 0 Å². The zero-order valence-corrected chi connectivity index (χ0v) is 13.3. The molecule has 0 radical (unpaired) electrons. The van der Waals surface area contributed by atoms with Gasteiger partial charge in [0.2, 0.25) is 10.0 Å². The first-order valence-electron chi connectivity index (χ1n) is 5.43. The maximum absolute atomic E-state index is 13.2. The van der Waals surface area contributed by atoms with Crippen LogP contribution in [0.5, 0.6) is 0 Å². The Balaban J connectivity index is 3.24. The van der Waals surface area contributed by atoms with Crippen molar-refractivity contribution in [2.24, 2.45) is 0 Å². The lowest BCUT2D eigenvalue weighted by Gasteiger charge is -2.24. The number of nitrogens with two attached hydrogens (primary N) is 1. The predicted octanol–water partition coefficient (Wildman–Crippen LogP) is 1.83. The van der Waals surface area contributed by atoms with E-state index >= 15 is 0 Å². The number of ether oxygens (including phenoxy) is 1. The summed E-state index contributed by atoms with van der Waals surface area (Å²) in [5, 5.41) is 0. The van der Waals surface area contributed by atoms with Gasteiger partial charge in [0.25, 0.3) is 0 Å². The van der Waals surface area contributed by atoms with Gasteiger partial charge in [-0.3, -0.25) is 0 Å². The number of rotatable bonds is 5. The van der Waals surface area contributed by atoms with Gasteiger partial charge in [0.1, 0.15) is 5.82 Å². The van der Waals surface area contributed by atoms with E-state index in [9.17, 15) is 12.8 Å². The van der Waals surface area contributed by atoms with Crippen LogP contribution in [0.3, 0.4) is 0 Å². The average molecular weight is 355 g/mol. The minimum absolute atomic E-state index is 0.0724. The first kappa shape index (κ1) is 16.4. The number of methoxy groups -OCH3 is 1. The van der Waals surface area contributed by atoms with Gasteiger partial charge in [-0.25, -0.2) is 12.8 Å². The molecule has 1 atom stereocenters. The smallest absolute Gasteiger partial charge is 0.244 e. The third kappa shape index (κ3) is 3.44. The van der Waals surface area contributed by atoms with Crippen molar-refractivity contribution in [3.63, 3.8) is 0 Å². The highest BCUT2D eigenvalue weighted by atomic mass is 79.9. The second kappa shape index (κ2) is 6.17. The Morgan fingerprint density at radius 2 is 2.11 bits per heavy atom. The normalized spacial score (nSPS) is 13.8. The van der Waals surface area contributed by atoms with Crippen LogP contribution in [-0.2, 0) is 14.8 Å². The summed E-state index contributed by atoms with van der Waals surface area (Å²) in [5.41, 5.74) is 5.20. The fourth-order valence-electron chi connectivity index (χ4n) is 1.48. The number of benzene rings is 1. The van der Waals surface area contributed by atoms with Gasteiger partial charge >= 0.3 is 0 Å². The molecular formula is C11H16BrFN2O3S. The van der Waals surface area contributed by atoms with Crippen LogP contribution in [0.4, 0.5) is 10.1 Å². The Morgan fingerprint density at radius 3 is 2.63 bits per heavy atom. The van der Waals surface area contributed by atoms with Crippen LogP contribution in [0, 0.1) is 5.82 Å². The third-order valence-electron chi connectivity index (χ3n) is 2.74. The lowest BCUT2D eigenvalue weighted by molar-refractivity contribution is 0.149. The lowest BCUT2D eigenvalue weighted by Crippen LogP contribution is -2.38. The number of anilines is 1. The molecule has 0 saturated heterocycles. The van der Waals surface area contributed by atoms with E-state index in [-0.39, 0.29) is 27.7 Å². The molecule has 5 nitrogen and oxygen atoms in total. The first-order chi connectivity index (χ1) is 8.71. The van der Waals surface area contributed by atoms with Crippen LogP contribution in [0.25, 0.3) is 0 Å². The SMILES string of the molecule is COCC(C)N(C)S(=O)(=O)c1cc(N)c(F)cc1Br. The van der Waals surface area contributed by atoms with Crippen molar-refractivity contribution in [2.45, 2.75) is 17.9 Å². The minimum Gasteiger partial charge on any atom is -0.396 e. The fourth-order valence-corrected chi connectivity index (χ4v) is 3.84. The summed E-state index contributed by atoms with van der Waals surface area (Å²) in [4.78, 5) is -0.0724. The summed E-state index contributed by atoms with van der Waals surface area (Å²) in [7, 11) is -0.846. The highest BCUT2D eigenvalue weighted by Crippen LogP contribution is 2.29. The van der Waals surface area contributed by atoms with Gasteiger partial charge in [-0.1, -0.05) is 0 Å². The molecule has 0 aliphatic heterocycles. The average Bonchev–Trinajstić information content (AvgIpc) is 2.32. The molecule has 0 spiro atoms. The molecular weight excluding hydrogens is 339 g/mol. The van der Waals surface area contributed by atoms with Crippen molar-refractivity contribution in [1.82, 2.24) is 4.31 Å². The maximum Gasteiger partial charge on any atom is 0.244 e. The van der Waals surface area contributed by atoms with E-state index in [4.69, 9.17) is 10.5 Å². The van der Waals surface area contributed by atoms with Crippen LogP contribution in [0.15, 0.2) is 21.5 Å². The number of hydrogen-bond acceptors (Lipinski definition) is 4. The molecule has 0 saturated carbocycles. The van der Waals surface area contributed by atoms with Crippen molar-refractivity contribution in [3.05, 3.63) is 22.4 Å². The van der Waals surface area contributed by atoms with Crippen molar-refractivity contribution >= 4 is 31.6 Å². The van der Waals surface area contributed by atoms with Crippen LogP contribution >= 0.6 is 15.9 Å². The molecule has 0 heterocycles. The molecule has 19 heavy (non-hydrogen) atoms. The van der Waals surface area contributed by atoms with E-state index < -0.39 is 15.8 Å². The standard InChI is InChI=1S/C11H16BrFN2O3S/c1-7(6-18-3)15(2)19(16,17)11-5-10(14)9(13)4-8(11)12/h4-5,7H,6,14H2,1-3H3. The Morgan fingerprint density at radius 1 is 1.53 bits per heavy atom. The van der Waals surface area contributed by atoms with Crippen molar-refractivity contribution in [2.75, 3.05) is 26.5 Å². The molecule has 0 amide bonds. The summed E-state index contributed by atoms with van der Waals surface area (Å²) in [6.07, 6.45) is 0. The van der Waals surface area contributed by atoms with Crippen LogP contribution < -0.4 is 5.73 Å². The van der Waals surface area contributed by atoms with E-state index in [1.54, 1.807) is 6.92 Å². The number of sulfonamides is 1.